The molecule has 0 amide bonds. The highest BCUT2D eigenvalue weighted by Crippen LogP contribution is 2.33. The Balaban J connectivity index is 1.74. The van der Waals surface area contributed by atoms with Crippen molar-refractivity contribution in [3.63, 3.8) is 0 Å². The molecule has 0 bridgehead atoms. The molecule has 3 unspecified atom stereocenters. The lowest BCUT2D eigenvalue weighted by atomic mass is 9.84. The summed E-state index contributed by atoms with van der Waals surface area (Å²) in [5, 5.41) is 0. The van der Waals surface area contributed by atoms with Gasteiger partial charge in [-0.15, -0.1) is 0 Å². The summed E-state index contributed by atoms with van der Waals surface area (Å²) in [6.45, 7) is 8.91. The number of fused-ring (bicyclic) bond motifs is 1. The van der Waals surface area contributed by atoms with Gasteiger partial charge in [0.15, 0.2) is 0 Å². The molecule has 0 radical (unpaired) electrons. The van der Waals surface area contributed by atoms with E-state index in [1.807, 2.05) is 0 Å². The summed E-state index contributed by atoms with van der Waals surface area (Å²) in [6, 6.07) is 0.782. The Labute approximate surface area is 117 Å². The fourth-order valence-electron chi connectivity index (χ4n) is 4.39. The quantitative estimate of drug-likeness (QED) is 0.812. The second kappa shape index (κ2) is 5.68. The van der Waals surface area contributed by atoms with Crippen LogP contribution in [0.4, 0.5) is 0 Å². The molecule has 0 aliphatic carbocycles. The number of nitrogens with zero attached hydrogens (tertiary/aromatic N) is 2. The molecule has 3 heterocycles. The first-order valence-electron chi connectivity index (χ1n) is 8.04. The zero-order valence-electron chi connectivity index (χ0n) is 12.3. The van der Waals surface area contributed by atoms with Crippen LogP contribution in [0.25, 0.3) is 0 Å². The summed E-state index contributed by atoms with van der Waals surface area (Å²) < 4.78 is 5.75. The van der Waals surface area contributed by atoms with Crippen molar-refractivity contribution in [3.05, 3.63) is 0 Å². The molecule has 0 aromatic heterocycles. The van der Waals surface area contributed by atoms with E-state index in [0.717, 1.165) is 32.0 Å². The predicted molar refractivity (Wildman–Crippen MR) is 77.2 cm³/mol. The molecule has 2 N–H and O–H groups in total. The molecular weight excluding hydrogens is 238 g/mol. The topological polar surface area (TPSA) is 41.7 Å². The highest BCUT2D eigenvalue weighted by Gasteiger charge is 2.42. The van der Waals surface area contributed by atoms with Gasteiger partial charge in [0.1, 0.15) is 0 Å². The summed E-state index contributed by atoms with van der Waals surface area (Å²) in [6.07, 6.45) is 6.64. The molecule has 0 spiro atoms. The lowest BCUT2D eigenvalue weighted by Crippen LogP contribution is -2.59. The average Bonchev–Trinajstić information content (AvgIpc) is 2.75. The molecule has 3 saturated heterocycles. The largest absolute Gasteiger partial charge is 0.378 e. The number of rotatable bonds is 2. The molecule has 3 fully saturated rings. The van der Waals surface area contributed by atoms with E-state index in [9.17, 15) is 0 Å². The average molecular weight is 267 g/mol. The third kappa shape index (κ3) is 2.68. The van der Waals surface area contributed by atoms with Crippen molar-refractivity contribution >= 4 is 0 Å². The van der Waals surface area contributed by atoms with E-state index in [-0.39, 0.29) is 5.54 Å². The molecule has 3 aliphatic heterocycles. The van der Waals surface area contributed by atoms with E-state index in [0.29, 0.717) is 6.10 Å². The number of hydrogen-bond donors (Lipinski definition) is 1. The number of nitrogens with two attached hydrogens (primary N) is 1. The summed E-state index contributed by atoms with van der Waals surface area (Å²) in [7, 11) is 0. The lowest BCUT2D eigenvalue weighted by Gasteiger charge is -2.48. The fraction of sp³-hybridized carbons (Fsp3) is 1.00. The van der Waals surface area contributed by atoms with Crippen molar-refractivity contribution in [1.82, 2.24) is 9.80 Å². The molecule has 3 rings (SSSR count). The molecule has 0 aromatic rings. The minimum Gasteiger partial charge on any atom is -0.378 e. The molecule has 0 saturated carbocycles. The van der Waals surface area contributed by atoms with Crippen molar-refractivity contribution in [2.24, 2.45) is 5.73 Å². The molecule has 110 valence electrons. The van der Waals surface area contributed by atoms with Crippen molar-refractivity contribution in [1.29, 1.82) is 0 Å². The third-order valence-electron chi connectivity index (χ3n) is 5.49. The van der Waals surface area contributed by atoms with Crippen LogP contribution in [-0.2, 0) is 4.74 Å². The third-order valence-corrected chi connectivity index (χ3v) is 5.49. The van der Waals surface area contributed by atoms with Gasteiger partial charge in [-0.25, -0.2) is 0 Å². The van der Waals surface area contributed by atoms with Crippen LogP contribution < -0.4 is 5.73 Å². The van der Waals surface area contributed by atoms with E-state index >= 15 is 0 Å². The summed E-state index contributed by atoms with van der Waals surface area (Å²) in [5.41, 5.74) is 6.41. The Kier molecular flexibility index (Phi) is 4.13. The Bertz CT molecular complexity index is 312. The van der Waals surface area contributed by atoms with Gasteiger partial charge in [-0.3, -0.25) is 9.80 Å². The molecule has 4 nitrogen and oxygen atoms in total. The SMILES string of the molecule is CC1CC(CN)(N2CCCN3CCCC3C2)CCO1. The maximum Gasteiger partial charge on any atom is 0.0565 e. The predicted octanol–water partition coefficient (Wildman–Crippen LogP) is 1.05. The highest BCUT2D eigenvalue weighted by molar-refractivity contribution is 4.99. The molecular formula is C15H29N3O. The first-order chi connectivity index (χ1) is 9.23. The van der Waals surface area contributed by atoms with Crippen molar-refractivity contribution < 1.29 is 4.74 Å². The summed E-state index contributed by atoms with van der Waals surface area (Å²) in [5.74, 6) is 0. The second-order valence-corrected chi connectivity index (χ2v) is 6.70. The van der Waals surface area contributed by atoms with Crippen LogP contribution >= 0.6 is 0 Å². The molecule has 3 atom stereocenters. The van der Waals surface area contributed by atoms with E-state index in [4.69, 9.17) is 10.5 Å². The summed E-state index contributed by atoms with van der Waals surface area (Å²) >= 11 is 0. The Morgan fingerprint density at radius 1 is 1.26 bits per heavy atom. The standard InChI is InChI=1S/C15H29N3O/c1-13-10-15(12-16,5-9-19-13)18-8-3-7-17-6-2-4-14(17)11-18/h13-14H,2-12,16H2,1H3. The van der Waals surface area contributed by atoms with E-state index in [1.165, 1.54) is 45.4 Å². The van der Waals surface area contributed by atoms with Gasteiger partial charge in [-0.1, -0.05) is 0 Å². The minimum atomic E-state index is 0.205. The monoisotopic (exact) mass is 267 g/mol. The Hall–Kier alpha value is -0.160. The lowest BCUT2D eigenvalue weighted by molar-refractivity contribution is -0.0649. The van der Waals surface area contributed by atoms with Gasteiger partial charge >= 0.3 is 0 Å². The number of ether oxygens (including phenoxy) is 1. The smallest absolute Gasteiger partial charge is 0.0565 e. The van der Waals surface area contributed by atoms with Gasteiger partial charge in [0.2, 0.25) is 0 Å². The van der Waals surface area contributed by atoms with Crippen molar-refractivity contribution in [2.45, 2.75) is 56.7 Å². The van der Waals surface area contributed by atoms with E-state index in [2.05, 4.69) is 16.7 Å². The zero-order valence-corrected chi connectivity index (χ0v) is 12.3. The van der Waals surface area contributed by atoms with Gasteiger partial charge in [-0.2, -0.15) is 0 Å². The van der Waals surface area contributed by atoms with Gasteiger partial charge < -0.3 is 10.5 Å². The van der Waals surface area contributed by atoms with Crippen molar-refractivity contribution in [2.75, 3.05) is 39.3 Å². The van der Waals surface area contributed by atoms with Crippen LogP contribution in [0.1, 0.15) is 39.0 Å². The van der Waals surface area contributed by atoms with Crippen LogP contribution in [0.15, 0.2) is 0 Å². The Morgan fingerprint density at radius 3 is 2.89 bits per heavy atom. The van der Waals surface area contributed by atoms with E-state index in [1.54, 1.807) is 0 Å². The first kappa shape index (κ1) is 13.8. The van der Waals surface area contributed by atoms with Crippen LogP contribution in [-0.4, -0.2) is 66.8 Å². The second-order valence-electron chi connectivity index (χ2n) is 6.70. The maximum atomic E-state index is 6.21. The van der Waals surface area contributed by atoms with Gasteiger partial charge in [0, 0.05) is 37.8 Å². The zero-order chi connectivity index (χ0) is 13.3. The fourth-order valence-corrected chi connectivity index (χ4v) is 4.39. The number of hydrogen-bond acceptors (Lipinski definition) is 4. The highest BCUT2D eigenvalue weighted by atomic mass is 16.5. The maximum absolute atomic E-state index is 6.21. The van der Waals surface area contributed by atoms with Crippen LogP contribution in [0.2, 0.25) is 0 Å². The van der Waals surface area contributed by atoms with Crippen LogP contribution in [0.5, 0.6) is 0 Å². The van der Waals surface area contributed by atoms with Crippen LogP contribution in [0, 0.1) is 0 Å². The van der Waals surface area contributed by atoms with Gasteiger partial charge in [0.25, 0.3) is 0 Å². The Morgan fingerprint density at radius 2 is 2.11 bits per heavy atom. The summed E-state index contributed by atoms with van der Waals surface area (Å²) in [4.78, 5) is 5.43. The molecule has 19 heavy (non-hydrogen) atoms. The van der Waals surface area contributed by atoms with Gasteiger partial charge in [-0.05, 0) is 52.1 Å². The normalized spacial score (nSPS) is 42.0. The van der Waals surface area contributed by atoms with E-state index < -0.39 is 0 Å². The van der Waals surface area contributed by atoms with Crippen molar-refractivity contribution in [3.8, 4) is 0 Å². The molecule has 4 heteroatoms. The molecule has 3 aliphatic rings. The van der Waals surface area contributed by atoms with Crippen LogP contribution in [0.3, 0.4) is 0 Å². The first-order valence-corrected chi connectivity index (χ1v) is 8.04. The molecule has 0 aromatic carbocycles. The minimum absolute atomic E-state index is 0.205. The van der Waals surface area contributed by atoms with Gasteiger partial charge in [0.05, 0.1) is 6.10 Å².